The fraction of sp³-hybridized carbons (Fsp3) is 0.500. The lowest BCUT2D eigenvalue weighted by molar-refractivity contribution is -0.132. The van der Waals surface area contributed by atoms with Gasteiger partial charge in [0.1, 0.15) is 11.6 Å². The van der Waals surface area contributed by atoms with E-state index in [1.165, 1.54) is 12.1 Å². The predicted octanol–water partition coefficient (Wildman–Crippen LogP) is 4.51. The van der Waals surface area contributed by atoms with E-state index in [9.17, 15) is 23.5 Å². The van der Waals surface area contributed by atoms with Gasteiger partial charge >= 0.3 is 0 Å². The van der Waals surface area contributed by atoms with Crippen molar-refractivity contribution >= 4 is 17.5 Å². The molecule has 1 aliphatic heterocycles. The minimum Gasteiger partial charge on any atom is -0.391 e. The smallest absolute Gasteiger partial charge is 0.249 e. The Labute approximate surface area is 271 Å². The average molecular weight is 639 g/mol. The number of ether oxygens (including phenoxy) is 1. The quantitative estimate of drug-likeness (QED) is 0.265. The summed E-state index contributed by atoms with van der Waals surface area (Å²) < 4.78 is 34.1. The number of anilines is 1. The maximum atomic E-state index is 14.3. The minimum atomic E-state index is -1.48. The summed E-state index contributed by atoms with van der Waals surface area (Å²) in [5.74, 6) is -3.28. The molecule has 0 aromatic heterocycles. The number of nitrogens with one attached hydrogen (secondary N) is 1. The molecule has 0 saturated carbocycles. The molecule has 8 nitrogen and oxygen atoms in total. The lowest BCUT2D eigenvalue weighted by Gasteiger charge is -2.42. The Morgan fingerprint density at radius 1 is 1.07 bits per heavy atom. The third kappa shape index (κ3) is 8.80. The van der Waals surface area contributed by atoms with Gasteiger partial charge < -0.3 is 30.7 Å². The number of primary amides is 1. The lowest BCUT2D eigenvalue weighted by Crippen LogP contribution is -2.51. The molecule has 2 aromatic carbocycles. The normalized spacial score (nSPS) is 19.7. The van der Waals surface area contributed by atoms with Crippen molar-refractivity contribution in [1.29, 1.82) is 0 Å². The molecule has 0 radical (unpaired) electrons. The Balaban J connectivity index is 1.61. The largest absolute Gasteiger partial charge is 0.391 e. The molecule has 2 aliphatic rings. The highest BCUT2D eigenvalue weighted by Crippen LogP contribution is 2.44. The Kier molecular flexibility index (Phi) is 12.5. The van der Waals surface area contributed by atoms with Gasteiger partial charge in [-0.15, -0.1) is 0 Å². The van der Waals surface area contributed by atoms with Crippen LogP contribution in [0.3, 0.4) is 0 Å². The minimum absolute atomic E-state index is 0.0243. The zero-order valence-corrected chi connectivity index (χ0v) is 27.2. The van der Waals surface area contributed by atoms with Crippen molar-refractivity contribution in [2.75, 3.05) is 50.8 Å². The first-order valence-corrected chi connectivity index (χ1v) is 16.3. The third-order valence-electron chi connectivity index (χ3n) is 8.85. The number of halogens is 2. The maximum absolute atomic E-state index is 14.3. The van der Waals surface area contributed by atoms with Crippen molar-refractivity contribution in [2.24, 2.45) is 17.1 Å². The summed E-state index contributed by atoms with van der Waals surface area (Å²) >= 11 is 0. The molecule has 1 aliphatic carbocycles. The van der Waals surface area contributed by atoms with E-state index in [-0.39, 0.29) is 30.9 Å². The standard InChI is InChI=1S/C36H48F2N4O4/c1-4-9-42(10-5-2)34(44)28-15-25(3)21-36(22-28,35(39)45)32(19-27-16-29(37)20-30(38)17-27)33(43)24-40-23-26-7-6-8-31(18-26)41-11-13-46-14-12-41/h6-8,15-18,20-21,32-33,40,43H,4-5,9-14,19,22-24H2,1-3H3,(H2,39,45)/t32-,33+,36?/m1/s1. The first-order chi connectivity index (χ1) is 22.1. The average Bonchev–Trinajstić information content (AvgIpc) is 3.03. The first-order valence-electron chi connectivity index (χ1n) is 16.3. The summed E-state index contributed by atoms with van der Waals surface area (Å²) in [7, 11) is 0. The number of nitrogens with zero attached hydrogens (tertiary/aromatic N) is 2. The van der Waals surface area contributed by atoms with Gasteiger partial charge in [-0.05, 0) is 68.0 Å². The molecule has 2 amide bonds. The van der Waals surface area contributed by atoms with Crippen LogP contribution < -0.4 is 16.0 Å². The maximum Gasteiger partial charge on any atom is 0.249 e. The van der Waals surface area contributed by atoms with Crippen LogP contribution in [0.1, 0.15) is 51.2 Å². The van der Waals surface area contributed by atoms with Gasteiger partial charge in [0.2, 0.25) is 11.8 Å². The second kappa shape index (κ2) is 16.3. The van der Waals surface area contributed by atoms with Crippen molar-refractivity contribution in [3.63, 3.8) is 0 Å². The van der Waals surface area contributed by atoms with Gasteiger partial charge in [0.15, 0.2) is 0 Å². The van der Waals surface area contributed by atoms with Crippen molar-refractivity contribution in [3.05, 3.63) is 88.5 Å². The molecule has 46 heavy (non-hydrogen) atoms. The van der Waals surface area contributed by atoms with Crippen molar-refractivity contribution in [2.45, 2.75) is 59.1 Å². The molecule has 1 unspecified atom stereocenters. The van der Waals surface area contributed by atoms with E-state index in [0.717, 1.165) is 43.2 Å². The number of amides is 2. The van der Waals surface area contributed by atoms with E-state index in [4.69, 9.17) is 10.5 Å². The monoisotopic (exact) mass is 638 g/mol. The van der Waals surface area contributed by atoms with E-state index in [1.807, 2.05) is 26.0 Å². The SMILES string of the molecule is CCCN(CCC)C(=O)C1=CC(C)=CC(C(N)=O)([C@H](Cc2cc(F)cc(F)c2)[C@@H](O)CNCc2cccc(N3CCOCC3)c2)C1. The van der Waals surface area contributed by atoms with Crippen LogP contribution in [0.15, 0.2) is 65.8 Å². The zero-order chi connectivity index (χ0) is 33.3. The van der Waals surface area contributed by atoms with Gasteiger partial charge in [-0.25, -0.2) is 8.78 Å². The van der Waals surface area contributed by atoms with Gasteiger partial charge in [0.25, 0.3) is 0 Å². The molecule has 0 spiro atoms. The van der Waals surface area contributed by atoms with Crippen molar-refractivity contribution in [3.8, 4) is 0 Å². The Bertz CT molecular complexity index is 1400. The molecule has 1 saturated heterocycles. The number of benzene rings is 2. The number of allylic oxidation sites excluding steroid dienone is 2. The Morgan fingerprint density at radius 3 is 2.37 bits per heavy atom. The number of hydrogen-bond acceptors (Lipinski definition) is 6. The second-order valence-corrected chi connectivity index (χ2v) is 12.5. The van der Waals surface area contributed by atoms with Crippen LogP contribution in [0.4, 0.5) is 14.5 Å². The summed E-state index contributed by atoms with van der Waals surface area (Å²) in [6.45, 7) is 10.4. The highest BCUT2D eigenvalue weighted by molar-refractivity contribution is 5.97. The van der Waals surface area contributed by atoms with Gasteiger partial charge in [0, 0.05) is 62.5 Å². The number of aliphatic hydroxyl groups is 1. The van der Waals surface area contributed by atoms with E-state index < -0.39 is 35.0 Å². The summed E-state index contributed by atoms with van der Waals surface area (Å²) in [4.78, 5) is 31.3. The molecular weight excluding hydrogens is 590 g/mol. The van der Waals surface area contributed by atoms with Gasteiger partial charge in [-0.3, -0.25) is 9.59 Å². The van der Waals surface area contributed by atoms with E-state index in [2.05, 4.69) is 22.3 Å². The summed E-state index contributed by atoms with van der Waals surface area (Å²) in [6.07, 6.45) is 3.83. The van der Waals surface area contributed by atoms with Gasteiger partial charge in [-0.2, -0.15) is 0 Å². The number of nitrogens with two attached hydrogens (primary N) is 1. The molecule has 4 N–H and O–H groups in total. The van der Waals surface area contributed by atoms with Crippen LogP contribution in [0, 0.1) is 23.0 Å². The number of carbonyl (C=O) groups is 2. The third-order valence-corrected chi connectivity index (χ3v) is 8.85. The van der Waals surface area contributed by atoms with Crippen LogP contribution >= 0.6 is 0 Å². The summed E-state index contributed by atoms with van der Waals surface area (Å²) in [5.41, 5.74) is 8.15. The fourth-order valence-corrected chi connectivity index (χ4v) is 6.75. The molecule has 1 heterocycles. The molecule has 2 aromatic rings. The molecule has 10 heteroatoms. The Hall–Kier alpha value is -3.60. The molecule has 0 bridgehead atoms. The van der Waals surface area contributed by atoms with Crippen LogP contribution in [-0.4, -0.2) is 73.9 Å². The molecule has 1 fully saturated rings. The molecule has 4 rings (SSSR count). The van der Waals surface area contributed by atoms with E-state index in [0.29, 0.717) is 44.0 Å². The van der Waals surface area contributed by atoms with E-state index >= 15 is 0 Å². The van der Waals surface area contributed by atoms with Crippen LogP contribution in [0.5, 0.6) is 0 Å². The number of morpholine rings is 1. The lowest BCUT2D eigenvalue weighted by atomic mass is 9.63. The van der Waals surface area contributed by atoms with Crippen LogP contribution in [0.25, 0.3) is 0 Å². The fourth-order valence-electron chi connectivity index (χ4n) is 6.75. The highest BCUT2D eigenvalue weighted by atomic mass is 19.1. The van der Waals surface area contributed by atoms with Gasteiger partial charge in [-0.1, -0.05) is 43.7 Å². The number of carbonyl (C=O) groups excluding carboxylic acids is 2. The topological polar surface area (TPSA) is 108 Å². The van der Waals surface area contributed by atoms with E-state index in [1.54, 1.807) is 24.0 Å². The Morgan fingerprint density at radius 2 is 1.74 bits per heavy atom. The summed E-state index contributed by atoms with van der Waals surface area (Å²) in [5, 5.41) is 15.1. The number of hydrogen-bond donors (Lipinski definition) is 3. The molecule has 250 valence electrons. The van der Waals surface area contributed by atoms with Gasteiger partial charge in [0.05, 0.1) is 24.7 Å². The number of rotatable bonds is 15. The predicted molar refractivity (Wildman–Crippen MR) is 176 cm³/mol. The first kappa shape index (κ1) is 35.3. The molecular formula is C36H48F2N4O4. The summed E-state index contributed by atoms with van der Waals surface area (Å²) in [6, 6.07) is 11.3. The zero-order valence-electron chi connectivity index (χ0n) is 27.2. The molecule has 3 atom stereocenters. The van der Waals surface area contributed by atoms with Crippen molar-refractivity contribution < 1.29 is 28.2 Å². The van der Waals surface area contributed by atoms with Crippen LogP contribution in [-0.2, 0) is 27.3 Å². The van der Waals surface area contributed by atoms with Crippen LogP contribution in [0.2, 0.25) is 0 Å². The highest BCUT2D eigenvalue weighted by Gasteiger charge is 2.48. The number of aliphatic hydroxyl groups excluding tert-OH is 1. The van der Waals surface area contributed by atoms with Crippen molar-refractivity contribution in [1.82, 2.24) is 10.2 Å². The second-order valence-electron chi connectivity index (χ2n) is 12.5.